The monoisotopic (exact) mass is 312 g/mol. The van der Waals surface area contributed by atoms with Gasteiger partial charge in [-0.2, -0.15) is 0 Å². The van der Waals surface area contributed by atoms with Gasteiger partial charge in [0, 0.05) is 5.02 Å². The van der Waals surface area contributed by atoms with Crippen molar-refractivity contribution in [2.24, 2.45) is 0 Å². The summed E-state index contributed by atoms with van der Waals surface area (Å²) in [7, 11) is 0. The summed E-state index contributed by atoms with van der Waals surface area (Å²) in [5, 5.41) is 3.85. The molecule has 2 heterocycles. The number of thiazole rings is 1. The zero-order valence-corrected chi connectivity index (χ0v) is 11.6. The number of nitrogens with zero attached hydrogens (tertiary/aromatic N) is 1. The van der Waals surface area contributed by atoms with Crippen molar-refractivity contribution in [1.82, 2.24) is 4.98 Å². The SMILES string of the molecule is O=C(Nc1nc2ccc(Cl)cc2s1)c1ccoc1Cl. The van der Waals surface area contributed by atoms with Crippen LogP contribution >= 0.6 is 34.5 Å². The summed E-state index contributed by atoms with van der Waals surface area (Å²) in [6.07, 6.45) is 1.36. The number of amides is 1. The summed E-state index contributed by atoms with van der Waals surface area (Å²) in [6, 6.07) is 6.85. The molecule has 1 aromatic carbocycles. The van der Waals surface area contributed by atoms with Gasteiger partial charge in [0.2, 0.25) is 5.22 Å². The molecule has 0 atom stereocenters. The summed E-state index contributed by atoms with van der Waals surface area (Å²) in [5.41, 5.74) is 1.06. The first kappa shape index (κ1) is 12.5. The number of anilines is 1. The molecule has 0 aliphatic heterocycles. The highest BCUT2D eigenvalue weighted by atomic mass is 35.5. The van der Waals surface area contributed by atoms with Crippen molar-refractivity contribution >= 4 is 55.8 Å². The number of furan rings is 1. The van der Waals surface area contributed by atoms with Crippen molar-refractivity contribution in [2.45, 2.75) is 0 Å². The van der Waals surface area contributed by atoms with Crippen LogP contribution in [0.4, 0.5) is 5.13 Å². The molecule has 0 bridgehead atoms. The smallest absolute Gasteiger partial charge is 0.262 e. The van der Waals surface area contributed by atoms with Crippen molar-refractivity contribution < 1.29 is 9.21 Å². The molecule has 7 heteroatoms. The maximum absolute atomic E-state index is 11.9. The number of halogens is 2. The van der Waals surface area contributed by atoms with Crippen molar-refractivity contribution in [3.05, 3.63) is 46.3 Å². The van der Waals surface area contributed by atoms with Crippen LogP contribution in [0.3, 0.4) is 0 Å². The molecule has 3 aromatic rings. The van der Waals surface area contributed by atoms with Crippen LogP contribution in [0.15, 0.2) is 34.9 Å². The number of rotatable bonds is 2. The Kier molecular flexibility index (Phi) is 3.18. The second-order valence-electron chi connectivity index (χ2n) is 3.69. The van der Waals surface area contributed by atoms with Gasteiger partial charge < -0.3 is 4.42 Å². The molecule has 0 radical (unpaired) electrons. The van der Waals surface area contributed by atoms with E-state index in [9.17, 15) is 4.79 Å². The molecule has 0 aliphatic rings. The van der Waals surface area contributed by atoms with E-state index in [1.165, 1.54) is 23.7 Å². The molecule has 0 saturated carbocycles. The molecule has 4 nitrogen and oxygen atoms in total. The van der Waals surface area contributed by atoms with Crippen LogP contribution in [0.25, 0.3) is 10.2 Å². The van der Waals surface area contributed by atoms with E-state index in [-0.39, 0.29) is 16.7 Å². The van der Waals surface area contributed by atoms with E-state index < -0.39 is 0 Å². The number of benzene rings is 1. The number of hydrogen-bond acceptors (Lipinski definition) is 4. The molecular weight excluding hydrogens is 307 g/mol. The van der Waals surface area contributed by atoms with Crippen LogP contribution in [0.2, 0.25) is 10.2 Å². The average molecular weight is 313 g/mol. The molecule has 2 aromatic heterocycles. The highest BCUT2D eigenvalue weighted by Gasteiger charge is 2.15. The third-order valence-corrected chi connectivity index (χ3v) is 3.89. The second kappa shape index (κ2) is 4.85. The highest BCUT2D eigenvalue weighted by molar-refractivity contribution is 7.22. The number of carbonyl (C=O) groups excluding carboxylic acids is 1. The number of carbonyl (C=O) groups is 1. The van der Waals surface area contributed by atoms with Gasteiger partial charge in [-0.05, 0) is 35.9 Å². The molecule has 96 valence electrons. The highest BCUT2D eigenvalue weighted by Crippen LogP contribution is 2.29. The van der Waals surface area contributed by atoms with Crippen molar-refractivity contribution in [3.63, 3.8) is 0 Å². The van der Waals surface area contributed by atoms with Crippen LogP contribution in [0, 0.1) is 0 Å². The van der Waals surface area contributed by atoms with Gasteiger partial charge in [-0.25, -0.2) is 4.98 Å². The molecule has 1 amide bonds. The van der Waals surface area contributed by atoms with Crippen LogP contribution in [0.5, 0.6) is 0 Å². The fraction of sp³-hybridized carbons (Fsp3) is 0. The van der Waals surface area contributed by atoms with E-state index in [0.29, 0.717) is 10.2 Å². The third kappa shape index (κ3) is 2.45. The van der Waals surface area contributed by atoms with Gasteiger partial charge in [0.05, 0.1) is 22.0 Å². The van der Waals surface area contributed by atoms with Crippen LogP contribution < -0.4 is 5.32 Å². The van der Waals surface area contributed by atoms with Gasteiger partial charge in [-0.3, -0.25) is 10.1 Å². The summed E-state index contributed by atoms with van der Waals surface area (Å²) in [5.74, 6) is -0.357. The molecule has 19 heavy (non-hydrogen) atoms. The quantitative estimate of drug-likeness (QED) is 0.760. The largest absolute Gasteiger partial charge is 0.452 e. The normalized spacial score (nSPS) is 10.8. The van der Waals surface area contributed by atoms with E-state index in [1.807, 2.05) is 0 Å². The standard InChI is InChI=1S/C12H6Cl2N2O2S/c13-6-1-2-8-9(5-6)19-12(15-8)16-11(17)7-3-4-18-10(7)14/h1-5H,(H,15,16,17). The average Bonchev–Trinajstić information content (AvgIpc) is 2.94. The van der Waals surface area contributed by atoms with Gasteiger partial charge in [-0.1, -0.05) is 22.9 Å². The van der Waals surface area contributed by atoms with Gasteiger partial charge in [0.25, 0.3) is 5.91 Å². The van der Waals surface area contributed by atoms with E-state index in [4.69, 9.17) is 27.6 Å². The predicted molar refractivity (Wildman–Crippen MR) is 76.3 cm³/mol. The summed E-state index contributed by atoms with van der Waals surface area (Å²) >= 11 is 13.0. The van der Waals surface area contributed by atoms with Crippen molar-refractivity contribution in [2.75, 3.05) is 5.32 Å². The first-order valence-corrected chi connectivity index (χ1v) is 6.81. The fourth-order valence-electron chi connectivity index (χ4n) is 1.57. The minimum absolute atomic E-state index is 0.0571. The summed E-state index contributed by atoms with van der Waals surface area (Å²) in [4.78, 5) is 16.2. The fourth-order valence-corrected chi connectivity index (χ4v) is 2.91. The Morgan fingerprint density at radius 3 is 2.89 bits per heavy atom. The number of aromatic nitrogens is 1. The molecule has 0 aliphatic carbocycles. The zero-order chi connectivity index (χ0) is 13.4. The Morgan fingerprint density at radius 1 is 1.32 bits per heavy atom. The zero-order valence-electron chi connectivity index (χ0n) is 9.31. The molecule has 0 saturated heterocycles. The molecule has 0 fully saturated rings. The Bertz CT molecular complexity index is 766. The Hall–Kier alpha value is -1.56. The van der Waals surface area contributed by atoms with E-state index >= 15 is 0 Å². The van der Waals surface area contributed by atoms with Gasteiger partial charge in [-0.15, -0.1) is 0 Å². The lowest BCUT2D eigenvalue weighted by molar-refractivity contribution is 0.102. The first-order chi connectivity index (χ1) is 9.13. The molecule has 0 spiro atoms. The maximum Gasteiger partial charge on any atom is 0.262 e. The van der Waals surface area contributed by atoms with Crippen LogP contribution in [-0.4, -0.2) is 10.9 Å². The summed E-state index contributed by atoms with van der Waals surface area (Å²) in [6.45, 7) is 0. The molecule has 3 rings (SSSR count). The Morgan fingerprint density at radius 2 is 2.16 bits per heavy atom. The lowest BCUT2D eigenvalue weighted by atomic mass is 10.3. The number of nitrogens with one attached hydrogen (secondary N) is 1. The second-order valence-corrected chi connectivity index (χ2v) is 5.50. The van der Waals surface area contributed by atoms with Crippen molar-refractivity contribution in [3.8, 4) is 0 Å². The van der Waals surface area contributed by atoms with Gasteiger partial charge in [0.15, 0.2) is 5.13 Å². The Balaban J connectivity index is 1.89. The number of fused-ring (bicyclic) bond motifs is 1. The van der Waals surface area contributed by atoms with Gasteiger partial charge >= 0.3 is 0 Å². The number of hydrogen-bond donors (Lipinski definition) is 1. The molecular formula is C12H6Cl2N2O2S. The third-order valence-electron chi connectivity index (χ3n) is 2.43. The molecule has 1 N–H and O–H groups in total. The van der Waals surface area contributed by atoms with E-state index in [2.05, 4.69) is 10.3 Å². The van der Waals surface area contributed by atoms with Crippen LogP contribution in [0.1, 0.15) is 10.4 Å². The topological polar surface area (TPSA) is 55.1 Å². The first-order valence-electron chi connectivity index (χ1n) is 5.24. The van der Waals surface area contributed by atoms with E-state index in [0.717, 1.165) is 10.2 Å². The van der Waals surface area contributed by atoms with Crippen molar-refractivity contribution in [1.29, 1.82) is 0 Å². The molecule has 0 unspecified atom stereocenters. The lowest BCUT2D eigenvalue weighted by Crippen LogP contribution is -2.10. The van der Waals surface area contributed by atoms with Crippen LogP contribution in [-0.2, 0) is 0 Å². The lowest BCUT2D eigenvalue weighted by Gasteiger charge is -1.97. The van der Waals surface area contributed by atoms with E-state index in [1.54, 1.807) is 18.2 Å². The van der Waals surface area contributed by atoms with Gasteiger partial charge in [0.1, 0.15) is 0 Å². The summed E-state index contributed by atoms with van der Waals surface area (Å²) < 4.78 is 5.77. The predicted octanol–water partition coefficient (Wildman–Crippen LogP) is 4.45. The minimum Gasteiger partial charge on any atom is -0.452 e. The maximum atomic E-state index is 11.9. The minimum atomic E-state index is -0.357. The Labute approximate surface area is 122 Å².